The third kappa shape index (κ3) is 2.71. The summed E-state index contributed by atoms with van der Waals surface area (Å²) in [4.78, 5) is 12.3. The van der Waals surface area contributed by atoms with Crippen LogP contribution in [0, 0.1) is 5.82 Å². The van der Waals surface area contributed by atoms with Gasteiger partial charge in [-0.15, -0.1) is 11.6 Å². The van der Waals surface area contributed by atoms with Crippen LogP contribution in [0.5, 0.6) is 0 Å². The molecule has 0 saturated heterocycles. The molecule has 2 rings (SSSR count). The van der Waals surface area contributed by atoms with E-state index in [0.29, 0.717) is 5.56 Å². The maximum absolute atomic E-state index is 13.0. The summed E-state index contributed by atoms with van der Waals surface area (Å²) in [6, 6.07) is 9.71. The quantitative estimate of drug-likeness (QED) is 0.779. The molecule has 19 heavy (non-hydrogen) atoms. The molecule has 1 aromatic carbocycles. The SMILES string of the molecule is CC(C)n1c(-c2ccc(F)cc2)ccc(CCl)c1=O. The highest BCUT2D eigenvalue weighted by Gasteiger charge is 2.12. The monoisotopic (exact) mass is 279 g/mol. The number of hydrogen-bond acceptors (Lipinski definition) is 1. The zero-order valence-electron chi connectivity index (χ0n) is 10.9. The van der Waals surface area contributed by atoms with Crippen molar-refractivity contribution >= 4 is 11.6 Å². The van der Waals surface area contributed by atoms with Gasteiger partial charge in [-0.1, -0.05) is 6.07 Å². The Hall–Kier alpha value is -1.61. The zero-order chi connectivity index (χ0) is 14.0. The van der Waals surface area contributed by atoms with Gasteiger partial charge < -0.3 is 4.57 Å². The lowest BCUT2D eigenvalue weighted by Crippen LogP contribution is -2.26. The fraction of sp³-hybridized carbons (Fsp3) is 0.267. The van der Waals surface area contributed by atoms with E-state index in [4.69, 9.17) is 11.6 Å². The normalized spacial score (nSPS) is 11.0. The molecule has 0 saturated carbocycles. The van der Waals surface area contributed by atoms with E-state index in [1.807, 2.05) is 19.9 Å². The summed E-state index contributed by atoms with van der Waals surface area (Å²) < 4.78 is 14.7. The van der Waals surface area contributed by atoms with Crippen LogP contribution in [0.2, 0.25) is 0 Å². The van der Waals surface area contributed by atoms with Gasteiger partial charge >= 0.3 is 0 Å². The van der Waals surface area contributed by atoms with Gasteiger partial charge in [0.25, 0.3) is 5.56 Å². The first-order valence-electron chi connectivity index (χ1n) is 6.11. The molecule has 0 unspecified atom stereocenters. The van der Waals surface area contributed by atoms with Gasteiger partial charge in [-0.05, 0) is 49.7 Å². The number of rotatable bonds is 3. The van der Waals surface area contributed by atoms with Crippen LogP contribution in [0.4, 0.5) is 4.39 Å². The molecule has 100 valence electrons. The van der Waals surface area contributed by atoms with E-state index in [1.54, 1.807) is 22.8 Å². The van der Waals surface area contributed by atoms with E-state index >= 15 is 0 Å². The molecule has 0 radical (unpaired) electrons. The van der Waals surface area contributed by atoms with Crippen LogP contribution in [0.25, 0.3) is 11.3 Å². The summed E-state index contributed by atoms with van der Waals surface area (Å²) in [5.74, 6) is -0.102. The number of pyridine rings is 1. The van der Waals surface area contributed by atoms with Crippen molar-refractivity contribution in [2.24, 2.45) is 0 Å². The molecule has 4 heteroatoms. The first-order chi connectivity index (χ1) is 9.04. The molecular weight excluding hydrogens is 265 g/mol. The number of halogens is 2. The molecule has 0 N–H and O–H groups in total. The molecule has 1 heterocycles. The maximum atomic E-state index is 13.0. The smallest absolute Gasteiger partial charge is 0.255 e. The van der Waals surface area contributed by atoms with Crippen molar-refractivity contribution in [1.29, 1.82) is 0 Å². The van der Waals surface area contributed by atoms with E-state index in [0.717, 1.165) is 11.3 Å². The fourth-order valence-electron chi connectivity index (χ4n) is 2.07. The zero-order valence-corrected chi connectivity index (χ0v) is 11.6. The molecule has 0 aliphatic heterocycles. The molecule has 2 nitrogen and oxygen atoms in total. The molecule has 0 aliphatic rings. The minimum atomic E-state index is -0.292. The number of aromatic nitrogens is 1. The standard InChI is InChI=1S/C15H15ClFNO/c1-10(2)18-14(8-5-12(9-16)15(18)19)11-3-6-13(17)7-4-11/h3-8,10H,9H2,1-2H3. The van der Waals surface area contributed by atoms with Crippen molar-refractivity contribution in [3.05, 3.63) is 58.1 Å². The Balaban J connectivity index is 2.67. The number of nitrogens with zero attached hydrogens (tertiary/aromatic N) is 1. The predicted octanol–water partition coefficient (Wildman–Crippen LogP) is 3.97. The first-order valence-corrected chi connectivity index (χ1v) is 6.64. The van der Waals surface area contributed by atoms with Gasteiger partial charge in [-0.25, -0.2) is 4.39 Å². The summed E-state index contributed by atoms with van der Waals surface area (Å²) in [6.07, 6.45) is 0. The molecule has 0 amide bonds. The van der Waals surface area contributed by atoms with Gasteiger partial charge in [0.05, 0.1) is 11.6 Å². The molecule has 1 aromatic heterocycles. The number of hydrogen-bond donors (Lipinski definition) is 0. The van der Waals surface area contributed by atoms with Crippen LogP contribution >= 0.6 is 11.6 Å². The lowest BCUT2D eigenvalue weighted by molar-refractivity contribution is 0.581. The lowest BCUT2D eigenvalue weighted by atomic mass is 10.1. The van der Waals surface area contributed by atoms with Crippen LogP contribution in [0.1, 0.15) is 25.5 Å². The van der Waals surface area contributed by atoms with Crippen LogP contribution in [0.15, 0.2) is 41.2 Å². The lowest BCUT2D eigenvalue weighted by Gasteiger charge is -2.17. The van der Waals surface area contributed by atoms with E-state index in [-0.39, 0.29) is 23.3 Å². The van der Waals surface area contributed by atoms with Crippen LogP contribution in [0.3, 0.4) is 0 Å². The molecule has 0 spiro atoms. The van der Waals surface area contributed by atoms with Gasteiger partial charge in [0.1, 0.15) is 5.82 Å². The first kappa shape index (κ1) is 13.8. The predicted molar refractivity (Wildman–Crippen MR) is 76.0 cm³/mol. The van der Waals surface area contributed by atoms with Crippen molar-refractivity contribution in [2.45, 2.75) is 25.8 Å². The molecule has 0 fully saturated rings. The summed E-state index contributed by atoms with van der Waals surface area (Å²) in [6.45, 7) is 3.87. The largest absolute Gasteiger partial charge is 0.306 e. The second-order valence-electron chi connectivity index (χ2n) is 4.65. The van der Waals surface area contributed by atoms with Crippen LogP contribution in [-0.4, -0.2) is 4.57 Å². The molecule has 0 aliphatic carbocycles. The minimum Gasteiger partial charge on any atom is -0.306 e. The van der Waals surface area contributed by atoms with Crippen molar-refractivity contribution in [1.82, 2.24) is 4.57 Å². The average molecular weight is 280 g/mol. The van der Waals surface area contributed by atoms with Gasteiger partial charge in [-0.3, -0.25) is 4.79 Å². The van der Waals surface area contributed by atoms with Crippen molar-refractivity contribution in [3.63, 3.8) is 0 Å². The van der Waals surface area contributed by atoms with E-state index in [1.165, 1.54) is 12.1 Å². The molecule has 2 aromatic rings. The second kappa shape index (κ2) is 5.57. The third-order valence-electron chi connectivity index (χ3n) is 3.00. The molecule has 0 bridgehead atoms. The Morgan fingerprint density at radius 3 is 2.32 bits per heavy atom. The number of benzene rings is 1. The van der Waals surface area contributed by atoms with Crippen molar-refractivity contribution in [3.8, 4) is 11.3 Å². The Morgan fingerprint density at radius 2 is 1.79 bits per heavy atom. The fourth-order valence-corrected chi connectivity index (χ4v) is 2.27. The van der Waals surface area contributed by atoms with E-state index in [9.17, 15) is 9.18 Å². The summed E-state index contributed by atoms with van der Waals surface area (Å²) in [5, 5.41) is 0. The Kier molecular flexibility index (Phi) is 4.05. The Labute approximate surface area is 116 Å². The number of alkyl halides is 1. The molecular formula is C15H15ClFNO. The summed E-state index contributed by atoms with van der Waals surface area (Å²) in [5.41, 5.74) is 2.07. The summed E-state index contributed by atoms with van der Waals surface area (Å²) in [7, 11) is 0. The van der Waals surface area contributed by atoms with Gasteiger partial charge in [0, 0.05) is 11.6 Å². The third-order valence-corrected chi connectivity index (χ3v) is 3.28. The van der Waals surface area contributed by atoms with E-state index < -0.39 is 0 Å². The van der Waals surface area contributed by atoms with Crippen molar-refractivity contribution in [2.75, 3.05) is 0 Å². The van der Waals surface area contributed by atoms with Gasteiger partial charge in [0.15, 0.2) is 0 Å². The maximum Gasteiger partial charge on any atom is 0.255 e. The van der Waals surface area contributed by atoms with Gasteiger partial charge in [0.2, 0.25) is 0 Å². The molecule has 0 atom stereocenters. The average Bonchev–Trinajstić information content (AvgIpc) is 2.38. The summed E-state index contributed by atoms with van der Waals surface area (Å²) >= 11 is 5.77. The Morgan fingerprint density at radius 1 is 1.16 bits per heavy atom. The van der Waals surface area contributed by atoms with Gasteiger partial charge in [-0.2, -0.15) is 0 Å². The highest BCUT2D eigenvalue weighted by molar-refractivity contribution is 6.17. The van der Waals surface area contributed by atoms with Crippen LogP contribution in [-0.2, 0) is 5.88 Å². The minimum absolute atomic E-state index is 0.00993. The topological polar surface area (TPSA) is 22.0 Å². The highest BCUT2D eigenvalue weighted by atomic mass is 35.5. The van der Waals surface area contributed by atoms with Crippen molar-refractivity contribution < 1.29 is 4.39 Å². The van der Waals surface area contributed by atoms with E-state index in [2.05, 4.69) is 0 Å². The Bertz CT molecular complexity index is 632. The highest BCUT2D eigenvalue weighted by Crippen LogP contribution is 2.22. The second-order valence-corrected chi connectivity index (χ2v) is 4.92. The van der Waals surface area contributed by atoms with Crippen LogP contribution < -0.4 is 5.56 Å².